The molecule has 0 aliphatic heterocycles. The average Bonchev–Trinajstić information content (AvgIpc) is 2.28. The van der Waals surface area contributed by atoms with E-state index in [4.69, 9.17) is 4.79 Å². The minimum atomic E-state index is -0.0533. The molecular weight excluding hydrogens is 202 g/mol. The van der Waals surface area contributed by atoms with E-state index in [1.807, 2.05) is 37.4 Å². The largest absolute Gasteiger partial charge is 0.310 e. The molecule has 0 heterocycles. The number of nitrogens with one attached hydrogen (secondary N) is 1. The van der Waals surface area contributed by atoms with Crippen LogP contribution >= 0.6 is 0 Å². The summed E-state index contributed by atoms with van der Waals surface area (Å²) in [6, 6.07) is 9.97. The van der Waals surface area contributed by atoms with Gasteiger partial charge in [0.15, 0.2) is 0 Å². The molecule has 0 saturated heterocycles. The van der Waals surface area contributed by atoms with Gasteiger partial charge in [0.1, 0.15) is 12.1 Å². The molecule has 88 valence electrons. The number of benzene rings is 1. The summed E-state index contributed by atoms with van der Waals surface area (Å²) < 4.78 is 0. The molecule has 3 nitrogen and oxygen atoms in total. The van der Waals surface area contributed by atoms with Crippen LogP contribution in [0.5, 0.6) is 0 Å². The maximum Gasteiger partial charge on any atom is 0.147 e. The molecule has 0 aromatic heterocycles. The van der Waals surface area contributed by atoms with E-state index in [1.165, 1.54) is 12.5 Å². The van der Waals surface area contributed by atoms with E-state index in [0.717, 1.165) is 12.7 Å². The number of aldehydes is 1. The Kier molecular flexibility index (Phi) is 7.98. The van der Waals surface area contributed by atoms with Crippen LogP contribution in [0, 0.1) is 0 Å². The van der Waals surface area contributed by atoms with Gasteiger partial charge in [-0.3, -0.25) is 4.79 Å². The van der Waals surface area contributed by atoms with Crippen LogP contribution in [0.2, 0.25) is 0 Å². The van der Waals surface area contributed by atoms with Crippen LogP contribution in [-0.4, -0.2) is 25.2 Å². The molecule has 0 saturated carbocycles. The number of hydrogen-bond donors (Lipinski definition) is 1. The third-order valence-corrected chi connectivity index (χ3v) is 2.12. The third-order valence-electron chi connectivity index (χ3n) is 2.12. The van der Waals surface area contributed by atoms with Gasteiger partial charge in [0.05, 0.1) is 6.04 Å². The molecule has 1 N–H and O–H groups in total. The first-order chi connectivity index (χ1) is 7.65. The minimum absolute atomic E-state index is 0.0533. The van der Waals surface area contributed by atoms with Crippen molar-refractivity contribution in [1.29, 1.82) is 0 Å². The van der Waals surface area contributed by atoms with E-state index in [-0.39, 0.29) is 11.8 Å². The fraction of sp³-hybridized carbons (Fsp3) is 0.385. The Morgan fingerprint density at radius 3 is 2.25 bits per heavy atom. The predicted octanol–water partition coefficient (Wildman–Crippen LogP) is 1.61. The number of carbonyl (C=O) groups is 2. The molecule has 0 bridgehead atoms. The van der Waals surface area contributed by atoms with Gasteiger partial charge >= 0.3 is 0 Å². The molecule has 1 aromatic rings. The van der Waals surface area contributed by atoms with E-state index in [2.05, 4.69) is 5.32 Å². The molecule has 0 amide bonds. The van der Waals surface area contributed by atoms with Crippen LogP contribution < -0.4 is 5.32 Å². The summed E-state index contributed by atoms with van der Waals surface area (Å²) in [7, 11) is 1.81. The first-order valence-electron chi connectivity index (χ1n) is 5.27. The predicted molar refractivity (Wildman–Crippen MR) is 65.4 cm³/mol. The summed E-state index contributed by atoms with van der Waals surface area (Å²) in [5.41, 5.74) is 1.19. The summed E-state index contributed by atoms with van der Waals surface area (Å²) in [4.78, 5) is 19.9. The molecular formula is C13H19NO2. The van der Waals surface area contributed by atoms with Gasteiger partial charge in [0.2, 0.25) is 0 Å². The van der Waals surface area contributed by atoms with Crippen molar-refractivity contribution >= 4 is 12.1 Å². The lowest BCUT2D eigenvalue weighted by atomic mass is 10.0. The standard InChI is InChI=1S/C11H15NO.C2H4O/c1-9(13)11(12-2)8-10-6-4-3-5-7-10;1-2-3/h3-7,11-12H,8H2,1-2H3;2H,1H3. The molecule has 1 atom stereocenters. The Morgan fingerprint density at radius 1 is 1.38 bits per heavy atom. The quantitative estimate of drug-likeness (QED) is 0.786. The first-order valence-corrected chi connectivity index (χ1v) is 5.27. The molecule has 1 unspecified atom stereocenters. The van der Waals surface area contributed by atoms with E-state index < -0.39 is 0 Å². The lowest BCUT2D eigenvalue weighted by Crippen LogP contribution is -2.34. The maximum atomic E-state index is 11.1. The maximum absolute atomic E-state index is 11.1. The number of Topliss-reactive ketones (excluding diaryl/α,β-unsaturated/α-hetero) is 1. The number of carbonyl (C=O) groups excluding carboxylic acids is 2. The van der Waals surface area contributed by atoms with E-state index in [1.54, 1.807) is 6.92 Å². The molecule has 1 aromatic carbocycles. The molecule has 0 aliphatic carbocycles. The zero-order valence-electron chi connectivity index (χ0n) is 10.1. The van der Waals surface area contributed by atoms with Gasteiger partial charge in [0.25, 0.3) is 0 Å². The van der Waals surface area contributed by atoms with Crippen LogP contribution in [0.25, 0.3) is 0 Å². The van der Waals surface area contributed by atoms with Crippen molar-refractivity contribution in [1.82, 2.24) is 5.32 Å². The SMILES string of the molecule is CC=O.CNC(Cc1ccccc1)C(C)=O. The Hall–Kier alpha value is -1.48. The van der Waals surface area contributed by atoms with Crippen LogP contribution in [0.15, 0.2) is 30.3 Å². The van der Waals surface area contributed by atoms with Gasteiger partial charge in [-0.25, -0.2) is 0 Å². The van der Waals surface area contributed by atoms with Crippen LogP contribution in [0.4, 0.5) is 0 Å². The Bertz CT molecular complexity index is 309. The molecule has 0 spiro atoms. The van der Waals surface area contributed by atoms with Gasteiger partial charge in [-0.2, -0.15) is 0 Å². The zero-order chi connectivity index (χ0) is 12.4. The van der Waals surface area contributed by atoms with Crippen molar-refractivity contribution in [2.75, 3.05) is 7.05 Å². The fourth-order valence-corrected chi connectivity index (χ4v) is 1.30. The second kappa shape index (κ2) is 8.80. The van der Waals surface area contributed by atoms with Crippen molar-refractivity contribution < 1.29 is 9.59 Å². The second-order valence-corrected chi connectivity index (χ2v) is 3.38. The second-order valence-electron chi connectivity index (χ2n) is 3.38. The van der Waals surface area contributed by atoms with Crippen molar-refractivity contribution in [3.63, 3.8) is 0 Å². The highest BCUT2D eigenvalue weighted by Gasteiger charge is 2.11. The highest BCUT2D eigenvalue weighted by atomic mass is 16.1. The van der Waals surface area contributed by atoms with Crippen molar-refractivity contribution in [3.05, 3.63) is 35.9 Å². The summed E-state index contributed by atoms with van der Waals surface area (Å²) >= 11 is 0. The highest BCUT2D eigenvalue weighted by molar-refractivity contribution is 5.81. The smallest absolute Gasteiger partial charge is 0.147 e. The van der Waals surface area contributed by atoms with Gasteiger partial charge in [0, 0.05) is 0 Å². The summed E-state index contributed by atoms with van der Waals surface area (Å²) in [5.74, 6) is 0.186. The summed E-state index contributed by atoms with van der Waals surface area (Å²) in [5, 5.41) is 3.00. The van der Waals surface area contributed by atoms with Crippen LogP contribution in [-0.2, 0) is 16.0 Å². The van der Waals surface area contributed by atoms with Gasteiger partial charge in [-0.15, -0.1) is 0 Å². The molecule has 1 rings (SSSR count). The fourth-order valence-electron chi connectivity index (χ4n) is 1.30. The lowest BCUT2D eigenvalue weighted by Gasteiger charge is -2.11. The molecule has 0 fully saturated rings. The van der Waals surface area contributed by atoms with Gasteiger partial charge < -0.3 is 10.1 Å². The van der Waals surface area contributed by atoms with E-state index in [0.29, 0.717) is 0 Å². The Labute approximate surface area is 96.9 Å². The number of ketones is 1. The number of rotatable bonds is 4. The summed E-state index contributed by atoms with van der Waals surface area (Å²) in [6.45, 7) is 3.06. The molecule has 3 heteroatoms. The number of likely N-dealkylation sites (N-methyl/N-ethyl adjacent to an activating group) is 1. The number of hydrogen-bond acceptors (Lipinski definition) is 3. The van der Waals surface area contributed by atoms with Gasteiger partial charge in [-0.1, -0.05) is 30.3 Å². The zero-order valence-corrected chi connectivity index (χ0v) is 10.1. The average molecular weight is 221 g/mol. The highest BCUT2D eigenvalue weighted by Crippen LogP contribution is 2.03. The normalized spacial score (nSPS) is 10.9. The molecule has 0 radical (unpaired) electrons. The van der Waals surface area contributed by atoms with Crippen LogP contribution in [0.1, 0.15) is 19.4 Å². The van der Waals surface area contributed by atoms with Crippen LogP contribution in [0.3, 0.4) is 0 Å². The van der Waals surface area contributed by atoms with E-state index >= 15 is 0 Å². The van der Waals surface area contributed by atoms with Gasteiger partial charge in [-0.05, 0) is 32.9 Å². The summed E-state index contributed by atoms with van der Waals surface area (Å²) in [6.07, 6.45) is 1.52. The molecule has 16 heavy (non-hydrogen) atoms. The van der Waals surface area contributed by atoms with Crippen molar-refractivity contribution in [3.8, 4) is 0 Å². The Morgan fingerprint density at radius 2 is 1.88 bits per heavy atom. The monoisotopic (exact) mass is 221 g/mol. The lowest BCUT2D eigenvalue weighted by molar-refractivity contribution is -0.118. The first kappa shape index (κ1) is 14.5. The minimum Gasteiger partial charge on any atom is -0.310 e. The van der Waals surface area contributed by atoms with Crippen molar-refractivity contribution in [2.45, 2.75) is 26.3 Å². The topological polar surface area (TPSA) is 46.2 Å². The van der Waals surface area contributed by atoms with E-state index in [9.17, 15) is 4.79 Å². The Balaban J connectivity index is 0.000000673. The van der Waals surface area contributed by atoms with Crippen molar-refractivity contribution in [2.24, 2.45) is 0 Å². The molecule has 0 aliphatic rings. The third kappa shape index (κ3) is 6.09.